The number of rotatable bonds is 4. The van der Waals surface area contributed by atoms with Gasteiger partial charge >= 0.3 is 0 Å². The van der Waals surface area contributed by atoms with Gasteiger partial charge in [-0.15, -0.1) is 0 Å². The highest BCUT2D eigenvalue weighted by Crippen LogP contribution is 2.34. The lowest BCUT2D eigenvalue weighted by atomic mass is 9.87. The van der Waals surface area contributed by atoms with Crippen LogP contribution in [0, 0.1) is 12.7 Å². The molecule has 1 spiro atoms. The van der Waals surface area contributed by atoms with E-state index in [-0.39, 0.29) is 11.8 Å². The van der Waals surface area contributed by atoms with Crippen molar-refractivity contribution in [2.75, 3.05) is 13.1 Å². The molecule has 4 rings (SSSR count). The monoisotopic (exact) mass is 410 g/mol. The fourth-order valence-corrected chi connectivity index (χ4v) is 3.83. The maximum absolute atomic E-state index is 13.9. The highest BCUT2D eigenvalue weighted by molar-refractivity contribution is 6.39. The van der Waals surface area contributed by atoms with Gasteiger partial charge in [-0.1, -0.05) is 11.2 Å². The second-order valence-corrected chi connectivity index (χ2v) is 7.82. The number of oxime groups is 1. The van der Waals surface area contributed by atoms with Crippen molar-refractivity contribution in [3.8, 4) is 0 Å². The van der Waals surface area contributed by atoms with Crippen LogP contribution in [0.3, 0.4) is 0 Å². The Morgan fingerprint density at radius 3 is 2.83 bits per heavy atom. The molecule has 0 aliphatic carbocycles. The largest absolute Gasteiger partial charge is 0.386 e. The summed E-state index contributed by atoms with van der Waals surface area (Å²) in [5.41, 5.74) is 1.36. The summed E-state index contributed by atoms with van der Waals surface area (Å²) in [5.74, 6) is -0.930. The molecule has 2 amide bonds. The molecule has 2 aliphatic rings. The number of hydrogen-bond donors (Lipinski definition) is 1. The molecule has 8 heteroatoms. The van der Waals surface area contributed by atoms with E-state index in [0.29, 0.717) is 49.3 Å². The Kier molecular flexibility index (Phi) is 5.48. The summed E-state index contributed by atoms with van der Waals surface area (Å²) in [6.07, 6.45) is 5.09. The minimum absolute atomic E-state index is 0.243. The molecule has 0 saturated carbocycles. The lowest BCUT2D eigenvalue weighted by molar-refractivity contribution is -0.115. The van der Waals surface area contributed by atoms with Crippen molar-refractivity contribution in [2.24, 2.45) is 5.16 Å². The number of halogens is 1. The summed E-state index contributed by atoms with van der Waals surface area (Å²) in [6.45, 7) is 2.90. The van der Waals surface area contributed by atoms with Gasteiger partial charge in [0.25, 0.3) is 11.8 Å². The molecule has 2 aromatic rings. The Balaban J connectivity index is 1.38. The number of carbonyl (C=O) groups excluding carboxylic acids is 2. The first kappa shape index (κ1) is 20.0. The fraction of sp³-hybridized carbons (Fsp3) is 0.364. The van der Waals surface area contributed by atoms with Gasteiger partial charge in [0.1, 0.15) is 11.5 Å². The molecule has 156 valence electrons. The topological polar surface area (TPSA) is 83.9 Å². The van der Waals surface area contributed by atoms with Gasteiger partial charge in [-0.2, -0.15) is 0 Å². The summed E-state index contributed by atoms with van der Waals surface area (Å²) in [5, 5.41) is 6.85. The van der Waals surface area contributed by atoms with Crippen molar-refractivity contribution in [3.05, 3.63) is 65.2 Å². The van der Waals surface area contributed by atoms with Crippen LogP contribution in [-0.2, 0) is 16.2 Å². The van der Waals surface area contributed by atoms with Crippen LogP contribution in [0.2, 0.25) is 0 Å². The molecule has 30 heavy (non-hydrogen) atoms. The predicted octanol–water partition coefficient (Wildman–Crippen LogP) is 2.60. The number of nitrogens with one attached hydrogen (secondary N) is 1. The quantitative estimate of drug-likeness (QED) is 0.840. The lowest BCUT2D eigenvalue weighted by Crippen LogP contribution is -2.51. The van der Waals surface area contributed by atoms with Crippen LogP contribution in [-0.4, -0.2) is 46.1 Å². The number of pyridine rings is 1. The first-order chi connectivity index (χ1) is 14.5. The molecule has 0 radical (unpaired) electrons. The summed E-state index contributed by atoms with van der Waals surface area (Å²) < 4.78 is 13.9. The number of benzene rings is 1. The molecule has 0 bridgehead atoms. The van der Waals surface area contributed by atoms with Gasteiger partial charge in [0.15, 0.2) is 5.60 Å². The molecular weight excluding hydrogens is 387 g/mol. The Labute approximate surface area is 173 Å². The summed E-state index contributed by atoms with van der Waals surface area (Å²) in [6, 6.07) is 8.15. The molecule has 1 aromatic heterocycles. The second kappa shape index (κ2) is 8.22. The Morgan fingerprint density at radius 1 is 1.27 bits per heavy atom. The van der Waals surface area contributed by atoms with Crippen molar-refractivity contribution in [2.45, 2.75) is 38.3 Å². The Bertz CT molecular complexity index is 995. The molecule has 1 fully saturated rings. The summed E-state index contributed by atoms with van der Waals surface area (Å²) in [7, 11) is 0. The smallest absolute Gasteiger partial charge is 0.269 e. The van der Waals surface area contributed by atoms with Gasteiger partial charge in [-0.3, -0.25) is 14.6 Å². The standard InChI is InChI=1S/C22H23FN4O3/c1-15-3-4-17(11-18(15)23)21(29)27-10-2-7-22(14-27)12-19(26-30-22)20(28)25-13-16-5-8-24-9-6-16/h3-6,8-9,11H,2,7,10,12-14H2,1H3,(H,25,28)/t22-/m0/s1. The zero-order valence-electron chi connectivity index (χ0n) is 16.7. The van der Waals surface area contributed by atoms with Crippen molar-refractivity contribution in [3.63, 3.8) is 0 Å². The van der Waals surface area contributed by atoms with Crippen LogP contribution in [0.4, 0.5) is 4.39 Å². The second-order valence-electron chi connectivity index (χ2n) is 7.82. The number of aromatic nitrogens is 1. The van der Waals surface area contributed by atoms with Gasteiger partial charge in [0.2, 0.25) is 0 Å². The van der Waals surface area contributed by atoms with E-state index in [9.17, 15) is 14.0 Å². The highest BCUT2D eigenvalue weighted by atomic mass is 19.1. The van der Waals surface area contributed by atoms with Gasteiger partial charge < -0.3 is 15.1 Å². The minimum Gasteiger partial charge on any atom is -0.386 e. The molecule has 2 aliphatic heterocycles. The van der Waals surface area contributed by atoms with Crippen molar-refractivity contribution in [1.82, 2.24) is 15.2 Å². The third-order valence-electron chi connectivity index (χ3n) is 5.55. The molecule has 7 nitrogen and oxygen atoms in total. The third kappa shape index (κ3) is 4.17. The SMILES string of the molecule is Cc1ccc(C(=O)N2CCC[C@]3(CC(C(=O)NCc4ccncc4)=NO3)C2)cc1F. The van der Waals surface area contributed by atoms with Gasteiger partial charge in [0, 0.05) is 37.5 Å². The number of aryl methyl sites for hydroxylation is 1. The number of hydrogen-bond acceptors (Lipinski definition) is 5. The number of carbonyl (C=O) groups is 2. The number of nitrogens with zero attached hydrogens (tertiary/aromatic N) is 3. The van der Waals surface area contributed by atoms with Crippen molar-refractivity contribution >= 4 is 17.5 Å². The Hall–Kier alpha value is -3.29. The number of amides is 2. The molecule has 1 N–H and O–H groups in total. The molecular formula is C22H23FN4O3. The fourth-order valence-electron chi connectivity index (χ4n) is 3.83. The van der Waals surface area contributed by atoms with Crippen molar-refractivity contribution < 1.29 is 18.8 Å². The predicted molar refractivity (Wildman–Crippen MR) is 108 cm³/mol. The van der Waals surface area contributed by atoms with E-state index in [1.807, 2.05) is 12.1 Å². The van der Waals surface area contributed by atoms with E-state index in [2.05, 4.69) is 15.5 Å². The van der Waals surface area contributed by atoms with E-state index in [4.69, 9.17) is 4.84 Å². The van der Waals surface area contributed by atoms with Crippen LogP contribution >= 0.6 is 0 Å². The normalized spacial score (nSPS) is 20.6. The molecule has 0 unspecified atom stereocenters. The van der Waals surface area contributed by atoms with Gasteiger partial charge in [-0.25, -0.2) is 4.39 Å². The maximum Gasteiger partial charge on any atom is 0.269 e. The average molecular weight is 410 g/mol. The van der Waals surface area contributed by atoms with E-state index in [1.54, 1.807) is 36.4 Å². The maximum atomic E-state index is 13.9. The highest BCUT2D eigenvalue weighted by Gasteiger charge is 2.45. The van der Waals surface area contributed by atoms with Crippen LogP contribution in [0.25, 0.3) is 0 Å². The van der Waals surface area contributed by atoms with E-state index >= 15 is 0 Å². The summed E-state index contributed by atoms with van der Waals surface area (Å²) in [4.78, 5) is 36.6. The van der Waals surface area contributed by atoms with E-state index in [0.717, 1.165) is 12.0 Å². The summed E-state index contributed by atoms with van der Waals surface area (Å²) >= 11 is 0. The Morgan fingerprint density at radius 2 is 2.07 bits per heavy atom. The third-order valence-corrected chi connectivity index (χ3v) is 5.55. The minimum atomic E-state index is -0.708. The van der Waals surface area contributed by atoms with Crippen LogP contribution in [0.1, 0.15) is 40.7 Å². The average Bonchev–Trinajstić information content (AvgIpc) is 3.17. The number of piperidine rings is 1. The van der Waals surface area contributed by atoms with Crippen LogP contribution in [0.15, 0.2) is 47.9 Å². The lowest BCUT2D eigenvalue weighted by Gasteiger charge is -2.38. The first-order valence-corrected chi connectivity index (χ1v) is 9.93. The molecule has 1 saturated heterocycles. The first-order valence-electron chi connectivity index (χ1n) is 9.93. The van der Waals surface area contributed by atoms with E-state index < -0.39 is 11.4 Å². The molecule has 1 aromatic carbocycles. The van der Waals surface area contributed by atoms with E-state index in [1.165, 1.54) is 6.07 Å². The van der Waals surface area contributed by atoms with Crippen molar-refractivity contribution in [1.29, 1.82) is 0 Å². The number of likely N-dealkylation sites (tertiary alicyclic amines) is 1. The van der Waals surface area contributed by atoms with Crippen LogP contribution in [0.5, 0.6) is 0 Å². The van der Waals surface area contributed by atoms with Crippen LogP contribution < -0.4 is 5.32 Å². The van der Waals surface area contributed by atoms with Gasteiger partial charge in [0.05, 0.1) is 6.54 Å². The molecule has 1 atom stereocenters. The zero-order chi connectivity index (χ0) is 21.1. The van der Waals surface area contributed by atoms with Gasteiger partial charge in [-0.05, 0) is 55.2 Å². The zero-order valence-corrected chi connectivity index (χ0v) is 16.7. The molecule has 3 heterocycles.